The standard InChI is InChI=1S/C18H21BrClNO2/c1-3-23-18-16(19)10-14(11-17(18)22-2)12-21-9-8-13-4-6-15(20)7-5-13/h4-7,10-11,21H,3,8-9,12H2,1-2H3. The van der Waals surface area contributed by atoms with Crippen LogP contribution in [0.1, 0.15) is 18.1 Å². The van der Waals surface area contributed by atoms with Crippen LogP contribution >= 0.6 is 27.5 Å². The van der Waals surface area contributed by atoms with E-state index in [4.69, 9.17) is 21.1 Å². The smallest absolute Gasteiger partial charge is 0.175 e. The van der Waals surface area contributed by atoms with Gasteiger partial charge in [-0.1, -0.05) is 23.7 Å². The first-order valence-corrected chi connectivity index (χ1v) is 8.75. The number of rotatable bonds is 8. The SMILES string of the molecule is CCOc1c(Br)cc(CNCCc2ccc(Cl)cc2)cc1OC. The van der Waals surface area contributed by atoms with Crippen molar-refractivity contribution in [3.8, 4) is 11.5 Å². The van der Waals surface area contributed by atoms with Crippen molar-refractivity contribution >= 4 is 27.5 Å². The van der Waals surface area contributed by atoms with Gasteiger partial charge in [0.1, 0.15) is 0 Å². The summed E-state index contributed by atoms with van der Waals surface area (Å²) in [6.07, 6.45) is 0.965. The minimum absolute atomic E-state index is 0.605. The summed E-state index contributed by atoms with van der Waals surface area (Å²) in [5, 5.41) is 4.22. The Morgan fingerprint density at radius 3 is 2.52 bits per heavy atom. The summed E-state index contributed by atoms with van der Waals surface area (Å²) >= 11 is 9.44. The molecule has 0 aliphatic carbocycles. The predicted molar refractivity (Wildman–Crippen MR) is 98.7 cm³/mol. The van der Waals surface area contributed by atoms with Gasteiger partial charge in [0, 0.05) is 11.6 Å². The van der Waals surface area contributed by atoms with Crippen molar-refractivity contribution in [3.63, 3.8) is 0 Å². The van der Waals surface area contributed by atoms with Crippen LogP contribution in [0.3, 0.4) is 0 Å². The molecule has 0 spiro atoms. The molecule has 0 amide bonds. The Morgan fingerprint density at radius 2 is 1.87 bits per heavy atom. The van der Waals surface area contributed by atoms with Crippen LogP contribution in [0, 0.1) is 0 Å². The average Bonchev–Trinajstić information content (AvgIpc) is 2.55. The Kier molecular flexibility index (Phi) is 7.21. The molecule has 2 aromatic rings. The monoisotopic (exact) mass is 397 g/mol. The number of hydrogen-bond acceptors (Lipinski definition) is 3. The molecule has 0 radical (unpaired) electrons. The van der Waals surface area contributed by atoms with Crippen molar-refractivity contribution in [2.45, 2.75) is 19.9 Å². The third kappa shape index (κ3) is 5.41. The molecule has 2 rings (SSSR count). The number of benzene rings is 2. The number of methoxy groups -OCH3 is 1. The number of hydrogen-bond donors (Lipinski definition) is 1. The largest absolute Gasteiger partial charge is 0.493 e. The van der Waals surface area contributed by atoms with Crippen molar-refractivity contribution < 1.29 is 9.47 Å². The Labute approximate surface area is 151 Å². The first kappa shape index (κ1) is 18.1. The van der Waals surface area contributed by atoms with E-state index in [1.807, 2.05) is 25.1 Å². The maximum atomic E-state index is 5.89. The van der Waals surface area contributed by atoms with Crippen molar-refractivity contribution in [2.75, 3.05) is 20.3 Å². The summed E-state index contributed by atoms with van der Waals surface area (Å²) in [6, 6.07) is 12.0. The van der Waals surface area contributed by atoms with Gasteiger partial charge in [0.05, 0.1) is 18.2 Å². The minimum atomic E-state index is 0.605. The number of ether oxygens (including phenoxy) is 2. The van der Waals surface area contributed by atoms with E-state index in [1.165, 1.54) is 5.56 Å². The van der Waals surface area contributed by atoms with E-state index >= 15 is 0 Å². The molecule has 5 heteroatoms. The van der Waals surface area contributed by atoms with Gasteiger partial charge in [-0.15, -0.1) is 0 Å². The number of nitrogens with one attached hydrogen (secondary N) is 1. The Morgan fingerprint density at radius 1 is 1.13 bits per heavy atom. The molecule has 0 saturated heterocycles. The molecule has 0 heterocycles. The topological polar surface area (TPSA) is 30.5 Å². The van der Waals surface area contributed by atoms with Gasteiger partial charge in [0.15, 0.2) is 11.5 Å². The summed E-state index contributed by atoms with van der Waals surface area (Å²) in [4.78, 5) is 0. The lowest BCUT2D eigenvalue weighted by Gasteiger charge is -2.14. The van der Waals surface area contributed by atoms with Gasteiger partial charge in [0.25, 0.3) is 0 Å². The zero-order valence-corrected chi connectivity index (χ0v) is 15.7. The van der Waals surface area contributed by atoms with Gasteiger partial charge in [-0.05, 0) is 71.2 Å². The van der Waals surface area contributed by atoms with Crippen molar-refractivity contribution in [3.05, 3.63) is 57.0 Å². The van der Waals surface area contributed by atoms with Crippen LogP contribution in [-0.2, 0) is 13.0 Å². The van der Waals surface area contributed by atoms with E-state index < -0.39 is 0 Å². The Balaban J connectivity index is 1.90. The van der Waals surface area contributed by atoms with E-state index in [9.17, 15) is 0 Å². The van der Waals surface area contributed by atoms with Gasteiger partial charge >= 0.3 is 0 Å². The van der Waals surface area contributed by atoms with Crippen LogP contribution in [0.5, 0.6) is 11.5 Å². The molecular formula is C18H21BrClNO2. The van der Waals surface area contributed by atoms with E-state index in [0.29, 0.717) is 6.61 Å². The third-order valence-corrected chi connectivity index (χ3v) is 4.25. The van der Waals surface area contributed by atoms with Crippen LogP contribution < -0.4 is 14.8 Å². The van der Waals surface area contributed by atoms with Gasteiger partial charge in [-0.3, -0.25) is 0 Å². The lowest BCUT2D eigenvalue weighted by Crippen LogP contribution is -2.16. The molecule has 23 heavy (non-hydrogen) atoms. The zero-order chi connectivity index (χ0) is 16.7. The van der Waals surface area contributed by atoms with Crippen LogP contribution in [-0.4, -0.2) is 20.3 Å². The maximum absolute atomic E-state index is 5.89. The molecule has 0 aliphatic heterocycles. The van der Waals surface area contributed by atoms with Gasteiger partial charge < -0.3 is 14.8 Å². The first-order chi connectivity index (χ1) is 11.1. The molecule has 3 nitrogen and oxygen atoms in total. The molecule has 0 aromatic heterocycles. The summed E-state index contributed by atoms with van der Waals surface area (Å²) in [5.41, 5.74) is 2.42. The summed E-state index contributed by atoms with van der Waals surface area (Å²) in [7, 11) is 1.65. The van der Waals surface area contributed by atoms with Gasteiger partial charge in [0.2, 0.25) is 0 Å². The van der Waals surface area contributed by atoms with E-state index in [-0.39, 0.29) is 0 Å². The highest BCUT2D eigenvalue weighted by Crippen LogP contribution is 2.36. The fraction of sp³-hybridized carbons (Fsp3) is 0.333. The van der Waals surface area contributed by atoms with Crippen molar-refractivity contribution in [2.24, 2.45) is 0 Å². The highest BCUT2D eigenvalue weighted by molar-refractivity contribution is 9.10. The third-order valence-electron chi connectivity index (χ3n) is 3.41. The molecule has 0 unspecified atom stereocenters. The normalized spacial score (nSPS) is 10.6. The number of halogens is 2. The first-order valence-electron chi connectivity index (χ1n) is 7.58. The second-order valence-corrected chi connectivity index (χ2v) is 6.39. The Hall–Kier alpha value is -1.23. The molecule has 0 atom stereocenters. The highest BCUT2D eigenvalue weighted by atomic mass is 79.9. The van der Waals surface area contributed by atoms with E-state index in [2.05, 4.69) is 39.4 Å². The lowest BCUT2D eigenvalue weighted by atomic mass is 10.1. The average molecular weight is 399 g/mol. The molecule has 0 saturated carbocycles. The van der Waals surface area contributed by atoms with Crippen LogP contribution in [0.2, 0.25) is 5.02 Å². The molecule has 1 N–H and O–H groups in total. The molecule has 0 bridgehead atoms. The van der Waals surface area contributed by atoms with Crippen LogP contribution in [0.15, 0.2) is 40.9 Å². The predicted octanol–water partition coefficient (Wildman–Crippen LogP) is 4.84. The van der Waals surface area contributed by atoms with E-state index in [1.54, 1.807) is 7.11 Å². The second-order valence-electron chi connectivity index (χ2n) is 5.10. The summed E-state index contributed by atoms with van der Waals surface area (Å²) < 4.78 is 11.9. The molecule has 0 aliphatic rings. The summed E-state index contributed by atoms with van der Waals surface area (Å²) in [6.45, 7) is 4.23. The maximum Gasteiger partial charge on any atom is 0.175 e. The zero-order valence-electron chi connectivity index (χ0n) is 13.4. The second kappa shape index (κ2) is 9.16. The van der Waals surface area contributed by atoms with Gasteiger partial charge in [-0.2, -0.15) is 0 Å². The lowest BCUT2D eigenvalue weighted by molar-refractivity contribution is 0.308. The molecule has 0 fully saturated rings. The quantitative estimate of drug-likeness (QED) is 0.645. The molecular weight excluding hydrogens is 378 g/mol. The van der Waals surface area contributed by atoms with Crippen molar-refractivity contribution in [1.29, 1.82) is 0 Å². The van der Waals surface area contributed by atoms with Crippen molar-refractivity contribution in [1.82, 2.24) is 5.32 Å². The highest BCUT2D eigenvalue weighted by Gasteiger charge is 2.11. The molecule has 124 valence electrons. The van der Waals surface area contributed by atoms with Crippen LogP contribution in [0.4, 0.5) is 0 Å². The van der Waals surface area contributed by atoms with Crippen LogP contribution in [0.25, 0.3) is 0 Å². The fourth-order valence-corrected chi connectivity index (χ4v) is 3.01. The molecule has 2 aromatic carbocycles. The van der Waals surface area contributed by atoms with Gasteiger partial charge in [-0.25, -0.2) is 0 Å². The van der Waals surface area contributed by atoms with E-state index in [0.717, 1.165) is 46.1 Å². The summed E-state index contributed by atoms with van der Waals surface area (Å²) in [5.74, 6) is 1.50. The fourth-order valence-electron chi connectivity index (χ4n) is 2.28. The Bertz CT molecular complexity index is 632. The minimum Gasteiger partial charge on any atom is -0.493 e.